The molecule has 0 saturated carbocycles. The highest BCUT2D eigenvalue weighted by Gasteiger charge is 2.23. The number of furan rings is 1. The number of rotatable bonds is 5. The minimum atomic E-state index is -0.255. The fraction of sp³-hybridized carbons (Fsp3) is 0.217. The lowest BCUT2D eigenvalue weighted by molar-refractivity contribution is -0.918. The number of hydrogen-bond donors (Lipinski definition) is 2. The van der Waals surface area contributed by atoms with Crippen LogP contribution in [-0.2, 0) is 19.5 Å². The summed E-state index contributed by atoms with van der Waals surface area (Å²) < 4.78 is 7.46. The van der Waals surface area contributed by atoms with Crippen LogP contribution in [0.3, 0.4) is 0 Å². The zero-order chi connectivity index (χ0) is 19.6. The van der Waals surface area contributed by atoms with Gasteiger partial charge in [0.25, 0.3) is 5.91 Å². The van der Waals surface area contributed by atoms with Gasteiger partial charge in [-0.15, -0.1) is 0 Å². The summed E-state index contributed by atoms with van der Waals surface area (Å²) in [6, 6.07) is 19.9. The molecule has 2 aromatic carbocycles. The normalized spacial score (nSPS) is 15.9. The van der Waals surface area contributed by atoms with Crippen LogP contribution in [0.5, 0.6) is 0 Å². The Labute approximate surface area is 168 Å². The summed E-state index contributed by atoms with van der Waals surface area (Å²) in [6.45, 7) is 4.10. The molecule has 29 heavy (non-hydrogen) atoms. The molecule has 6 heteroatoms. The maximum Gasteiger partial charge on any atom is 0.291 e. The van der Waals surface area contributed by atoms with E-state index >= 15 is 0 Å². The minimum absolute atomic E-state index is 0.255. The van der Waals surface area contributed by atoms with E-state index in [1.165, 1.54) is 11.8 Å². The first-order valence-electron chi connectivity index (χ1n) is 9.98. The van der Waals surface area contributed by atoms with Gasteiger partial charge in [0.15, 0.2) is 11.6 Å². The van der Waals surface area contributed by atoms with Crippen LogP contribution in [0, 0.1) is 0 Å². The van der Waals surface area contributed by atoms with Crippen molar-refractivity contribution in [1.29, 1.82) is 0 Å². The molecule has 0 bridgehead atoms. The van der Waals surface area contributed by atoms with Crippen LogP contribution in [0.1, 0.15) is 21.9 Å². The first-order valence-corrected chi connectivity index (χ1v) is 9.98. The van der Waals surface area contributed by atoms with Crippen molar-refractivity contribution in [3.8, 4) is 0 Å². The van der Waals surface area contributed by atoms with Crippen molar-refractivity contribution in [2.75, 3.05) is 18.4 Å². The molecular formula is C23H23N4O2+. The molecule has 4 aromatic rings. The largest absolute Gasteiger partial charge is 0.459 e. The zero-order valence-corrected chi connectivity index (χ0v) is 16.1. The monoisotopic (exact) mass is 387 g/mol. The number of imidazole rings is 1. The second-order valence-electron chi connectivity index (χ2n) is 7.48. The van der Waals surface area contributed by atoms with Crippen LogP contribution in [-0.4, -0.2) is 28.5 Å². The van der Waals surface area contributed by atoms with Crippen molar-refractivity contribution < 1.29 is 14.1 Å². The number of anilines is 1. The van der Waals surface area contributed by atoms with E-state index in [9.17, 15) is 4.79 Å². The molecule has 146 valence electrons. The highest BCUT2D eigenvalue weighted by Crippen LogP contribution is 2.22. The standard InChI is InChI=1S/C23H22N4O2/c28-23(21-7-4-14-29-21)24-18-8-9-20-19(15-18)25-22-16-26(12-13-27(20)22)11-10-17-5-2-1-3-6-17/h1-9,14-15H,10-13,16H2,(H,24,28)/p+1. The fourth-order valence-electron chi connectivity index (χ4n) is 4.00. The van der Waals surface area contributed by atoms with E-state index in [2.05, 4.69) is 40.2 Å². The maximum absolute atomic E-state index is 12.2. The molecule has 0 saturated heterocycles. The third kappa shape index (κ3) is 3.67. The van der Waals surface area contributed by atoms with E-state index in [0.29, 0.717) is 5.76 Å². The van der Waals surface area contributed by atoms with Crippen molar-refractivity contribution >= 4 is 22.6 Å². The van der Waals surface area contributed by atoms with Gasteiger partial charge < -0.3 is 19.2 Å². The number of carbonyl (C=O) groups excluding carboxylic acids is 1. The van der Waals surface area contributed by atoms with Crippen LogP contribution >= 0.6 is 0 Å². The van der Waals surface area contributed by atoms with Gasteiger partial charge in [-0.3, -0.25) is 4.79 Å². The van der Waals surface area contributed by atoms with Crippen LogP contribution in [0.15, 0.2) is 71.3 Å². The summed E-state index contributed by atoms with van der Waals surface area (Å²) in [5, 5.41) is 2.88. The van der Waals surface area contributed by atoms with E-state index in [1.54, 1.807) is 17.0 Å². The molecule has 6 nitrogen and oxygen atoms in total. The van der Waals surface area contributed by atoms with E-state index in [4.69, 9.17) is 9.40 Å². The highest BCUT2D eigenvalue weighted by molar-refractivity contribution is 6.03. The Morgan fingerprint density at radius 3 is 2.86 bits per heavy atom. The van der Waals surface area contributed by atoms with Crippen LogP contribution in [0.25, 0.3) is 11.0 Å². The topological polar surface area (TPSA) is 64.5 Å². The third-order valence-corrected chi connectivity index (χ3v) is 5.54. The molecule has 3 heterocycles. The molecular weight excluding hydrogens is 364 g/mol. The Kier molecular flexibility index (Phi) is 4.62. The summed E-state index contributed by atoms with van der Waals surface area (Å²) in [5.74, 6) is 1.16. The lowest BCUT2D eigenvalue weighted by Crippen LogP contribution is -3.12. The lowest BCUT2D eigenvalue weighted by atomic mass is 10.1. The summed E-state index contributed by atoms with van der Waals surface area (Å²) in [6.07, 6.45) is 2.58. The van der Waals surface area contributed by atoms with Crippen molar-refractivity contribution in [1.82, 2.24) is 9.55 Å². The van der Waals surface area contributed by atoms with Crippen molar-refractivity contribution in [2.45, 2.75) is 19.5 Å². The van der Waals surface area contributed by atoms with Crippen LogP contribution in [0.2, 0.25) is 0 Å². The number of aromatic nitrogens is 2. The molecule has 1 aliphatic heterocycles. The molecule has 1 aliphatic rings. The average Bonchev–Trinajstić information content (AvgIpc) is 3.40. The smallest absolute Gasteiger partial charge is 0.291 e. The number of hydrogen-bond acceptors (Lipinski definition) is 3. The summed E-state index contributed by atoms with van der Waals surface area (Å²) in [4.78, 5) is 18.6. The molecule has 1 atom stereocenters. The van der Waals surface area contributed by atoms with E-state index < -0.39 is 0 Å². The molecule has 0 aliphatic carbocycles. The number of nitrogens with zero attached hydrogens (tertiary/aromatic N) is 2. The molecule has 0 spiro atoms. The molecule has 1 amide bonds. The average molecular weight is 387 g/mol. The second-order valence-corrected chi connectivity index (χ2v) is 7.48. The fourth-order valence-corrected chi connectivity index (χ4v) is 4.00. The number of amides is 1. The highest BCUT2D eigenvalue weighted by atomic mass is 16.3. The predicted molar refractivity (Wildman–Crippen MR) is 111 cm³/mol. The van der Waals surface area contributed by atoms with Gasteiger partial charge in [0.1, 0.15) is 6.54 Å². The summed E-state index contributed by atoms with van der Waals surface area (Å²) in [7, 11) is 0. The SMILES string of the molecule is O=C(Nc1ccc2c(c1)nc1n2CC[NH+](CCc2ccccc2)C1)c1ccco1. The van der Waals surface area contributed by atoms with E-state index in [1.807, 2.05) is 18.2 Å². The van der Waals surface area contributed by atoms with Crippen LogP contribution in [0.4, 0.5) is 5.69 Å². The first-order chi connectivity index (χ1) is 14.3. The molecule has 2 aromatic heterocycles. The third-order valence-electron chi connectivity index (χ3n) is 5.54. The Morgan fingerprint density at radius 1 is 1.14 bits per heavy atom. The van der Waals surface area contributed by atoms with Gasteiger partial charge in [0.05, 0.1) is 36.9 Å². The van der Waals surface area contributed by atoms with Gasteiger partial charge in [0, 0.05) is 12.1 Å². The Morgan fingerprint density at radius 2 is 2.03 bits per heavy atom. The predicted octanol–water partition coefficient (Wildman–Crippen LogP) is 2.52. The van der Waals surface area contributed by atoms with Gasteiger partial charge in [0.2, 0.25) is 0 Å². The van der Waals surface area contributed by atoms with Crippen molar-refractivity contribution in [3.63, 3.8) is 0 Å². The number of benzene rings is 2. The van der Waals surface area contributed by atoms with Gasteiger partial charge in [-0.05, 0) is 35.9 Å². The maximum atomic E-state index is 12.2. The second kappa shape index (κ2) is 7.56. The number of quaternary nitrogens is 1. The summed E-state index contributed by atoms with van der Waals surface area (Å²) in [5.41, 5.74) is 4.15. The van der Waals surface area contributed by atoms with Crippen molar-refractivity contribution in [3.05, 3.63) is 84.1 Å². The van der Waals surface area contributed by atoms with Gasteiger partial charge in [-0.25, -0.2) is 4.98 Å². The Balaban J connectivity index is 1.30. The first kappa shape index (κ1) is 17.7. The van der Waals surface area contributed by atoms with Gasteiger partial charge >= 0.3 is 0 Å². The lowest BCUT2D eigenvalue weighted by Gasteiger charge is -2.25. The Hall–Kier alpha value is -3.38. The quantitative estimate of drug-likeness (QED) is 0.553. The molecule has 0 fully saturated rings. The molecule has 2 N–H and O–H groups in total. The zero-order valence-electron chi connectivity index (χ0n) is 16.1. The van der Waals surface area contributed by atoms with E-state index in [-0.39, 0.29) is 5.91 Å². The van der Waals surface area contributed by atoms with Gasteiger partial charge in [-0.2, -0.15) is 0 Å². The molecule has 1 unspecified atom stereocenters. The molecule has 0 radical (unpaired) electrons. The van der Waals surface area contributed by atoms with E-state index in [0.717, 1.165) is 55.1 Å². The minimum Gasteiger partial charge on any atom is -0.459 e. The summed E-state index contributed by atoms with van der Waals surface area (Å²) >= 11 is 0. The number of carbonyl (C=O) groups is 1. The van der Waals surface area contributed by atoms with Gasteiger partial charge in [-0.1, -0.05) is 30.3 Å². The van der Waals surface area contributed by atoms with Crippen molar-refractivity contribution in [2.24, 2.45) is 0 Å². The van der Waals surface area contributed by atoms with Crippen LogP contribution < -0.4 is 10.2 Å². The Bertz CT molecular complexity index is 1130. The number of nitrogens with one attached hydrogen (secondary N) is 2. The number of fused-ring (bicyclic) bond motifs is 3. The molecule has 5 rings (SSSR count).